The van der Waals surface area contributed by atoms with E-state index in [-0.39, 0.29) is 18.5 Å². The number of rotatable bonds is 48. The highest BCUT2D eigenvalue weighted by Crippen LogP contribution is 2.16. The van der Waals surface area contributed by atoms with Crippen molar-refractivity contribution in [2.45, 2.75) is 289 Å². The third-order valence-corrected chi connectivity index (χ3v) is 12.0. The molecule has 0 rings (SSSR count). The van der Waals surface area contributed by atoms with Crippen LogP contribution in [0.2, 0.25) is 0 Å². The van der Waals surface area contributed by atoms with Crippen LogP contribution in [0, 0.1) is 0 Å². The molecule has 0 spiro atoms. The second-order valence-corrected chi connectivity index (χ2v) is 17.9. The van der Waals surface area contributed by atoms with E-state index in [1.807, 2.05) is 0 Å². The van der Waals surface area contributed by atoms with Gasteiger partial charge in [0.2, 0.25) is 5.91 Å². The Morgan fingerprint density at radius 1 is 0.475 bits per heavy atom. The van der Waals surface area contributed by atoms with Crippen LogP contribution in [0.15, 0.2) is 24.3 Å². The van der Waals surface area contributed by atoms with Gasteiger partial charge in [0.05, 0.1) is 25.4 Å². The molecule has 0 fully saturated rings. The Bertz CT molecular complexity index is 920. The average Bonchev–Trinajstić information content (AvgIpc) is 3.24. The summed E-state index contributed by atoms with van der Waals surface area (Å²) in [6.07, 6.45) is 57.3. The number of esters is 1. The summed E-state index contributed by atoms with van der Waals surface area (Å²) < 4.78 is 5.44. The molecule has 0 saturated carbocycles. The molecule has 1 amide bonds. The first-order valence-corrected chi connectivity index (χ1v) is 26.1. The minimum atomic E-state index is -0.668. The van der Waals surface area contributed by atoms with Gasteiger partial charge in [-0.2, -0.15) is 0 Å². The number of hydrogen-bond donors (Lipinski definition) is 3. The van der Waals surface area contributed by atoms with Gasteiger partial charge in [0, 0.05) is 12.8 Å². The molecule has 0 aliphatic rings. The number of hydrogen-bond acceptors (Lipinski definition) is 5. The Hall–Kier alpha value is -1.66. The van der Waals surface area contributed by atoms with Crippen molar-refractivity contribution in [1.29, 1.82) is 0 Å². The molecule has 0 radical (unpaired) electrons. The Balaban J connectivity index is 3.46. The van der Waals surface area contributed by atoms with Gasteiger partial charge < -0.3 is 20.3 Å². The number of allylic oxidation sites excluding steroid dienone is 4. The van der Waals surface area contributed by atoms with Crippen molar-refractivity contribution < 1.29 is 24.5 Å². The lowest BCUT2D eigenvalue weighted by molar-refractivity contribution is -0.143. The summed E-state index contributed by atoms with van der Waals surface area (Å²) in [4.78, 5) is 24.4. The molecule has 0 bridgehead atoms. The van der Waals surface area contributed by atoms with Crippen LogP contribution in [0.4, 0.5) is 0 Å². The van der Waals surface area contributed by atoms with Crippen molar-refractivity contribution in [3.05, 3.63) is 24.3 Å². The van der Waals surface area contributed by atoms with Crippen LogP contribution in [0.5, 0.6) is 0 Å². The lowest BCUT2D eigenvalue weighted by Crippen LogP contribution is -2.45. The van der Waals surface area contributed by atoms with Gasteiger partial charge in [-0.3, -0.25) is 9.59 Å². The van der Waals surface area contributed by atoms with Gasteiger partial charge in [0.15, 0.2) is 0 Å². The van der Waals surface area contributed by atoms with E-state index in [1.165, 1.54) is 173 Å². The highest BCUT2D eigenvalue weighted by Gasteiger charge is 2.20. The smallest absolute Gasteiger partial charge is 0.305 e. The number of unbranched alkanes of at least 4 members (excludes halogenated alkanes) is 34. The normalized spacial score (nSPS) is 12.8. The highest BCUT2D eigenvalue weighted by molar-refractivity contribution is 5.76. The largest absolute Gasteiger partial charge is 0.466 e. The quantitative estimate of drug-likeness (QED) is 0.0322. The molecule has 348 valence electrons. The minimum Gasteiger partial charge on any atom is -0.466 e. The zero-order chi connectivity index (χ0) is 43.0. The summed E-state index contributed by atoms with van der Waals surface area (Å²) in [6.45, 7) is 4.90. The summed E-state index contributed by atoms with van der Waals surface area (Å²) >= 11 is 0. The Morgan fingerprint density at radius 3 is 1.25 bits per heavy atom. The topological polar surface area (TPSA) is 95.9 Å². The predicted octanol–water partition coefficient (Wildman–Crippen LogP) is 15.5. The van der Waals surface area contributed by atoms with Gasteiger partial charge in [-0.05, 0) is 57.8 Å². The molecule has 2 atom stereocenters. The molecule has 0 saturated heterocycles. The van der Waals surface area contributed by atoms with Crippen molar-refractivity contribution in [2.24, 2.45) is 0 Å². The monoisotopic (exact) mass is 832 g/mol. The van der Waals surface area contributed by atoms with E-state index in [1.54, 1.807) is 0 Å². The van der Waals surface area contributed by atoms with Crippen molar-refractivity contribution in [2.75, 3.05) is 13.2 Å². The molecule has 0 aliphatic carbocycles. The maximum atomic E-state index is 12.4. The molecule has 0 aromatic carbocycles. The summed E-state index contributed by atoms with van der Waals surface area (Å²) in [5, 5.41) is 23.1. The molecule has 0 aromatic heterocycles. The van der Waals surface area contributed by atoms with Gasteiger partial charge in [0.25, 0.3) is 0 Å². The van der Waals surface area contributed by atoms with Crippen molar-refractivity contribution in [3.8, 4) is 0 Å². The molecule has 2 unspecified atom stereocenters. The van der Waals surface area contributed by atoms with Crippen LogP contribution in [-0.4, -0.2) is 47.4 Å². The molecule has 0 heterocycles. The van der Waals surface area contributed by atoms with Crippen LogP contribution < -0.4 is 5.32 Å². The maximum absolute atomic E-state index is 12.4. The van der Waals surface area contributed by atoms with Crippen molar-refractivity contribution in [1.82, 2.24) is 5.32 Å². The average molecular weight is 832 g/mol. The first kappa shape index (κ1) is 57.3. The first-order chi connectivity index (χ1) is 29.0. The zero-order valence-corrected chi connectivity index (χ0v) is 39.5. The summed E-state index contributed by atoms with van der Waals surface area (Å²) in [7, 11) is 0. The van der Waals surface area contributed by atoms with Crippen molar-refractivity contribution in [3.63, 3.8) is 0 Å². The standard InChI is InChI=1S/C53H101NO5/c1-3-5-7-9-11-13-15-23-27-31-35-39-43-47-53(58)59-48-44-40-36-32-28-25-22-20-18-16-17-19-21-24-26-30-34-38-42-46-52(57)54-50(49-55)51(56)45-41-37-33-29-14-12-10-8-6-4-2/h20,22,25,28,50-51,55-56H,3-19,21,23-24,26-27,29-49H2,1-2H3,(H,54,57)/b22-20-,28-25-. The molecular weight excluding hydrogens is 731 g/mol. The summed E-state index contributed by atoms with van der Waals surface area (Å²) in [5.74, 6) is -0.0588. The highest BCUT2D eigenvalue weighted by atomic mass is 16.5. The molecule has 59 heavy (non-hydrogen) atoms. The lowest BCUT2D eigenvalue weighted by Gasteiger charge is -2.22. The molecule has 6 heteroatoms. The van der Waals surface area contributed by atoms with E-state index in [4.69, 9.17) is 4.74 Å². The number of amides is 1. The van der Waals surface area contributed by atoms with Crippen LogP contribution in [0.3, 0.4) is 0 Å². The van der Waals surface area contributed by atoms with Gasteiger partial charge in [-0.25, -0.2) is 0 Å². The van der Waals surface area contributed by atoms with Crippen LogP contribution in [-0.2, 0) is 14.3 Å². The fourth-order valence-electron chi connectivity index (χ4n) is 7.98. The third-order valence-electron chi connectivity index (χ3n) is 12.0. The Kier molecular flexibility index (Phi) is 47.6. The molecule has 0 aliphatic heterocycles. The summed E-state index contributed by atoms with van der Waals surface area (Å²) in [6, 6.07) is -0.547. The number of carbonyl (C=O) groups excluding carboxylic acids is 2. The zero-order valence-electron chi connectivity index (χ0n) is 39.5. The molecule has 6 nitrogen and oxygen atoms in total. The lowest BCUT2D eigenvalue weighted by atomic mass is 10.0. The second-order valence-electron chi connectivity index (χ2n) is 17.9. The number of aliphatic hydroxyl groups is 2. The third kappa shape index (κ3) is 45.7. The van der Waals surface area contributed by atoms with Crippen LogP contribution >= 0.6 is 0 Å². The number of ether oxygens (including phenoxy) is 1. The first-order valence-electron chi connectivity index (χ1n) is 26.1. The number of carbonyl (C=O) groups is 2. The second kappa shape index (κ2) is 49.0. The SMILES string of the molecule is CCCCCCCCCCCCCCCC(=O)OCCCCC/C=C\C=C/CCCCCCCCCCCCC(=O)NC(CO)C(O)CCCCCCCCCCCC. The maximum Gasteiger partial charge on any atom is 0.305 e. The Morgan fingerprint density at radius 2 is 0.831 bits per heavy atom. The predicted molar refractivity (Wildman–Crippen MR) is 255 cm³/mol. The molecule has 3 N–H and O–H groups in total. The van der Waals surface area contributed by atoms with Gasteiger partial charge in [-0.1, -0.05) is 231 Å². The van der Waals surface area contributed by atoms with Gasteiger partial charge in [-0.15, -0.1) is 0 Å². The van der Waals surface area contributed by atoms with E-state index >= 15 is 0 Å². The van der Waals surface area contributed by atoms with E-state index in [9.17, 15) is 19.8 Å². The van der Waals surface area contributed by atoms with E-state index in [2.05, 4.69) is 43.5 Å². The fourth-order valence-corrected chi connectivity index (χ4v) is 7.98. The molecule has 0 aromatic rings. The van der Waals surface area contributed by atoms with E-state index in [0.29, 0.717) is 25.9 Å². The number of aliphatic hydroxyl groups excluding tert-OH is 2. The van der Waals surface area contributed by atoms with Crippen LogP contribution in [0.1, 0.15) is 277 Å². The van der Waals surface area contributed by atoms with Gasteiger partial charge in [0.1, 0.15) is 0 Å². The van der Waals surface area contributed by atoms with E-state index in [0.717, 1.165) is 70.6 Å². The van der Waals surface area contributed by atoms with Crippen molar-refractivity contribution >= 4 is 11.9 Å². The number of nitrogens with one attached hydrogen (secondary N) is 1. The Labute approximate surface area is 367 Å². The fraction of sp³-hybridized carbons (Fsp3) is 0.887. The van der Waals surface area contributed by atoms with E-state index < -0.39 is 12.1 Å². The minimum absolute atomic E-state index is 0.0122. The molecular formula is C53H101NO5. The van der Waals surface area contributed by atoms with Crippen LogP contribution in [0.25, 0.3) is 0 Å². The van der Waals surface area contributed by atoms with Gasteiger partial charge >= 0.3 is 5.97 Å². The summed E-state index contributed by atoms with van der Waals surface area (Å²) in [5.41, 5.74) is 0.